The van der Waals surface area contributed by atoms with Gasteiger partial charge in [0.1, 0.15) is 0 Å². The van der Waals surface area contributed by atoms with Crippen LogP contribution in [0.15, 0.2) is 30.3 Å². The largest absolute Gasteiger partial charge is 0.392 e. The molecule has 2 bridgehead atoms. The molecule has 1 aliphatic heterocycles. The Bertz CT molecular complexity index is 491. The van der Waals surface area contributed by atoms with Crippen LogP contribution in [0.2, 0.25) is 0 Å². The quantitative estimate of drug-likeness (QED) is 0.876. The lowest BCUT2D eigenvalue weighted by Gasteiger charge is -2.29. The Labute approximate surface area is 133 Å². The first kappa shape index (κ1) is 14.7. The highest BCUT2D eigenvalue weighted by Gasteiger charge is 2.40. The lowest BCUT2D eigenvalue weighted by Crippen LogP contribution is -2.43. The lowest BCUT2D eigenvalue weighted by molar-refractivity contribution is 0.172. The second-order valence-electron chi connectivity index (χ2n) is 7.65. The number of hydrogen-bond acceptors (Lipinski definition) is 3. The first-order chi connectivity index (χ1) is 10.8. The van der Waals surface area contributed by atoms with E-state index in [0.717, 1.165) is 43.9 Å². The smallest absolute Gasteiger partial charge is 0.0682 e. The van der Waals surface area contributed by atoms with Crippen LogP contribution in [0.1, 0.15) is 37.7 Å². The number of aliphatic hydroxyl groups excluding tert-OH is 1. The van der Waals surface area contributed by atoms with Crippen LogP contribution in [0.3, 0.4) is 0 Å². The average Bonchev–Trinajstić information content (AvgIpc) is 3.22. The van der Waals surface area contributed by atoms with Crippen molar-refractivity contribution < 1.29 is 5.11 Å². The van der Waals surface area contributed by atoms with Crippen LogP contribution < -0.4 is 5.32 Å². The predicted octanol–water partition coefficient (Wildman–Crippen LogP) is 2.40. The molecule has 5 unspecified atom stereocenters. The van der Waals surface area contributed by atoms with Gasteiger partial charge < -0.3 is 10.4 Å². The summed E-state index contributed by atoms with van der Waals surface area (Å²) in [6, 6.07) is 11.9. The lowest BCUT2D eigenvalue weighted by atomic mass is 9.95. The van der Waals surface area contributed by atoms with Gasteiger partial charge in [0, 0.05) is 31.7 Å². The third kappa shape index (κ3) is 3.08. The zero-order valence-electron chi connectivity index (χ0n) is 13.3. The van der Waals surface area contributed by atoms with E-state index < -0.39 is 0 Å². The van der Waals surface area contributed by atoms with Crippen molar-refractivity contribution in [1.29, 1.82) is 0 Å². The highest BCUT2D eigenvalue weighted by Crippen LogP contribution is 2.44. The molecule has 0 spiro atoms. The summed E-state index contributed by atoms with van der Waals surface area (Å²) in [5.41, 5.74) is 1.35. The molecule has 0 amide bonds. The number of nitrogens with one attached hydrogen (secondary N) is 1. The van der Waals surface area contributed by atoms with E-state index >= 15 is 0 Å². The van der Waals surface area contributed by atoms with Crippen LogP contribution >= 0.6 is 0 Å². The van der Waals surface area contributed by atoms with Gasteiger partial charge in [0.05, 0.1) is 6.10 Å². The second kappa shape index (κ2) is 6.31. The number of hydrogen-bond donors (Lipinski definition) is 2. The molecule has 3 heteroatoms. The van der Waals surface area contributed by atoms with Crippen LogP contribution in [0.25, 0.3) is 0 Å². The summed E-state index contributed by atoms with van der Waals surface area (Å²) in [6.45, 7) is 2.82. The molecule has 2 aliphatic carbocycles. The summed E-state index contributed by atoms with van der Waals surface area (Å²) < 4.78 is 0. The minimum absolute atomic E-state index is 0.157. The molecule has 0 radical (unpaired) electrons. The standard InChI is InChI=1S/C19H28N2O/c22-18-10-17(11-20-19-9-15-6-7-16(19)8-15)21(13-18)12-14-4-2-1-3-5-14/h1-5,15-20,22H,6-13H2. The summed E-state index contributed by atoms with van der Waals surface area (Å²) in [6.07, 6.45) is 6.50. The Kier molecular flexibility index (Phi) is 4.21. The summed E-state index contributed by atoms with van der Waals surface area (Å²) in [7, 11) is 0. The molecule has 3 aliphatic rings. The van der Waals surface area contributed by atoms with Crippen LogP contribution in [0.4, 0.5) is 0 Å². The molecule has 2 N–H and O–H groups in total. The van der Waals surface area contributed by atoms with Gasteiger partial charge in [-0.25, -0.2) is 0 Å². The molecule has 2 saturated carbocycles. The van der Waals surface area contributed by atoms with Gasteiger partial charge in [-0.1, -0.05) is 36.8 Å². The third-order valence-electron chi connectivity index (χ3n) is 6.09. The van der Waals surface area contributed by atoms with Crippen LogP contribution in [-0.2, 0) is 6.54 Å². The Morgan fingerprint density at radius 2 is 1.95 bits per heavy atom. The van der Waals surface area contributed by atoms with E-state index in [0.29, 0.717) is 6.04 Å². The number of benzene rings is 1. The molecule has 3 nitrogen and oxygen atoms in total. The van der Waals surface area contributed by atoms with Gasteiger partial charge in [-0.3, -0.25) is 4.90 Å². The highest BCUT2D eigenvalue weighted by atomic mass is 16.3. The van der Waals surface area contributed by atoms with Crippen molar-refractivity contribution in [3.8, 4) is 0 Å². The van der Waals surface area contributed by atoms with Gasteiger partial charge in [-0.15, -0.1) is 0 Å². The maximum atomic E-state index is 10.1. The fourth-order valence-electron chi connectivity index (χ4n) is 4.96. The Balaban J connectivity index is 1.33. The normalized spacial score (nSPS) is 38.0. The topological polar surface area (TPSA) is 35.5 Å². The number of aliphatic hydroxyl groups is 1. The SMILES string of the molecule is OC1CC(CNC2CC3CCC2C3)N(Cc2ccccc2)C1. The van der Waals surface area contributed by atoms with E-state index in [1.165, 1.54) is 31.2 Å². The Hall–Kier alpha value is -0.900. The van der Waals surface area contributed by atoms with Crippen molar-refractivity contribution in [3.05, 3.63) is 35.9 Å². The molecule has 120 valence electrons. The first-order valence-corrected chi connectivity index (χ1v) is 8.97. The van der Waals surface area contributed by atoms with Gasteiger partial charge in [0.25, 0.3) is 0 Å². The molecule has 1 aromatic rings. The molecule has 1 saturated heterocycles. The van der Waals surface area contributed by atoms with Gasteiger partial charge in [-0.2, -0.15) is 0 Å². The molecule has 0 aromatic heterocycles. The number of β-amino-alcohol motifs (C(OH)–C–C–N with tert-alkyl or cyclic N) is 1. The maximum Gasteiger partial charge on any atom is 0.0682 e. The summed E-state index contributed by atoms with van der Waals surface area (Å²) >= 11 is 0. The number of likely N-dealkylation sites (tertiary alicyclic amines) is 1. The minimum Gasteiger partial charge on any atom is -0.392 e. The fourth-order valence-corrected chi connectivity index (χ4v) is 4.96. The van der Waals surface area contributed by atoms with Crippen molar-refractivity contribution in [2.75, 3.05) is 13.1 Å². The summed E-state index contributed by atoms with van der Waals surface area (Å²) in [4.78, 5) is 2.46. The van der Waals surface area contributed by atoms with Crippen LogP contribution in [0.5, 0.6) is 0 Å². The van der Waals surface area contributed by atoms with E-state index in [2.05, 4.69) is 40.5 Å². The zero-order valence-corrected chi connectivity index (χ0v) is 13.3. The van der Waals surface area contributed by atoms with E-state index in [4.69, 9.17) is 0 Å². The molecular formula is C19H28N2O. The number of rotatable bonds is 5. The van der Waals surface area contributed by atoms with Gasteiger partial charge in [0.15, 0.2) is 0 Å². The first-order valence-electron chi connectivity index (χ1n) is 8.97. The van der Waals surface area contributed by atoms with E-state index in [9.17, 15) is 5.11 Å². The van der Waals surface area contributed by atoms with Gasteiger partial charge >= 0.3 is 0 Å². The number of nitrogens with zero attached hydrogens (tertiary/aromatic N) is 1. The van der Waals surface area contributed by atoms with Crippen molar-refractivity contribution in [3.63, 3.8) is 0 Å². The average molecular weight is 300 g/mol. The van der Waals surface area contributed by atoms with Crippen LogP contribution in [-0.4, -0.2) is 41.3 Å². The number of fused-ring (bicyclic) bond motifs is 2. The van der Waals surface area contributed by atoms with Crippen molar-refractivity contribution in [1.82, 2.24) is 10.2 Å². The molecule has 1 heterocycles. The molecule has 5 atom stereocenters. The molecule has 1 aromatic carbocycles. The second-order valence-corrected chi connectivity index (χ2v) is 7.65. The van der Waals surface area contributed by atoms with Crippen molar-refractivity contribution in [2.24, 2.45) is 11.8 Å². The third-order valence-corrected chi connectivity index (χ3v) is 6.09. The van der Waals surface area contributed by atoms with Gasteiger partial charge in [0.2, 0.25) is 0 Å². The summed E-state index contributed by atoms with van der Waals surface area (Å²) in [5.74, 6) is 1.93. The molecule has 3 fully saturated rings. The van der Waals surface area contributed by atoms with Crippen molar-refractivity contribution in [2.45, 2.75) is 56.8 Å². The molecule has 22 heavy (non-hydrogen) atoms. The predicted molar refractivity (Wildman–Crippen MR) is 88.5 cm³/mol. The van der Waals surface area contributed by atoms with Crippen molar-refractivity contribution >= 4 is 0 Å². The van der Waals surface area contributed by atoms with Crippen LogP contribution in [0, 0.1) is 11.8 Å². The van der Waals surface area contributed by atoms with E-state index in [1.54, 1.807) is 0 Å². The van der Waals surface area contributed by atoms with E-state index in [1.807, 2.05) is 0 Å². The molecule has 4 rings (SSSR count). The van der Waals surface area contributed by atoms with E-state index in [-0.39, 0.29) is 6.10 Å². The fraction of sp³-hybridized carbons (Fsp3) is 0.684. The van der Waals surface area contributed by atoms with Gasteiger partial charge in [-0.05, 0) is 43.1 Å². The summed E-state index contributed by atoms with van der Waals surface area (Å²) in [5, 5.41) is 13.9. The Morgan fingerprint density at radius 3 is 2.68 bits per heavy atom. The zero-order chi connectivity index (χ0) is 14.9. The monoisotopic (exact) mass is 300 g/mol. The highest BCUT2D eigenvalue weighted by molar-refractivity contribution is 5.15. The maximum absolute atomic E-state index is 10.1. The minimum atomic E-state index is -0.157. The Morgan fingerprint density at radius 1 is 1.09 bits per heavy atom. The molecular weight excluding hydrogens is 272 g/mol.